The predicted octanol–water partition coefficient (Wildman–Crippen LogP) is 4.70. The van der Waals surface area contributed by atoms with Gasteiger partial charge in [-0.25, -0.2) is 0 Å². The third-order valence-electron chi connectivity index (χ3n) is 5.35. The largest absolute Gasteiger partial charge is 0.494 e. The van der Waals surface area contributed by atoms with Crippen molar-refractivity contribution in [3.63, 3.8) is 0 Å². The van der Waals surface area contributed by atoms with Crippen molar-refractivity contribution in [2.75, 3.05) is 7.11 Å². The van der Waals surface area contributed by atoms with E-state index in [1.54, 1.807) is 12.1 Å². The van der Waals surface area contributed by atoms with Gasteiger partial charge in [-0.2, -0.15) is 0 Å². The number of benzene rings is 1. The zero-order valence-electron chi connectivity index (χ0n) is 14.5. The molecule has 0 bridgehead atoms. The molecule has 0 fully saturated rings. The van der Waals surface area contributed by atoms with Crippen molar-refractivity contribution in [1.82, 2.24) is 5.32 Å². The van der Waals surface area contributed by atoms with Crippen LogP contribution in [0, 0.1) is 0 Å². The Labute approximate surface area is 162 Å². The summed E-state index contributed by atoms with van der Waals surface area (Å²) in [6.07, 6.45) is 4.31. The molecule has 1 aliphatic heterocycles. The van der Waals surface area contributed by atoms with Gasteiger partial charge in [0, 0.05) is 41.3 Å². The average Bonchev–Trinajstić information content (AvgIpc) is 2.60. The number of carbonyl (C=O) groups is 2. The lowest BCUT2D eigenvalue weighted by molar-refractivity contribution is -0.116. The first kappa shape index (κ1) is 17.6. The molecule has 4 rings (SSSR count). The number of Topliss-reactive ketones (excluding diaryl/α,β-unsaturated/α-hetero) is 2. The van der Waals surface area contributed by atoms with E-state index in [1.165, 1.54) is 7.11 Å². The van der Waals surface area contributed by atoms with E-state index in [-0.39, 0.29) is 11.6 Å². The molecule has 0 radical (unpaired) electrons. The highest BCUT2D eigenvalue weighted by molar-refractivity contribution is 6.37. The van der Waals surface area contributed by atoms with Gasteiger partial charge in [-0.1, -0.05) is 23.2 Å². The second kappa shape index (κ2) is 6.75. The van der Waals surface area contributed by atoms with E-state index in [0.717, 1.165) is 42.6 Å². The van der Waals surface area contributed by atoms with Gasteiger partial charge in [-0.3, -0.25) is 9.59 Å². The molecule has 1 aromatic carbocycles. The first-order valence-corrected chi connectivity index (χ1v) is 9.59. The Kier molecular flexibility index (Phi) is 4.57. The Hall–Kier alpha value is -1.78. The van der Waals surface area contributed by atoms with Crippen LogP contribution in [0.15, 0.2) is 34.7 Å². The van der Waals surface area contributed by atoms with E-state index in [1.807, 2.05) is 0 Å². The molecule has 136 valence electrons. The van der Waals surface area contributed by atoms with Crippen LogP contribution in [0.2, 0.25) is 10.0 Å². The Morgan fingerprint density at radius 3 is 1.88 bits per heavy atom. The lowest BCUT2D eigenvalue weighted by Crippen LogP contribution is -2.36. The number of hydrogen-bond acceptors (Lipinski definition) is 4. The molecular weight excluding hydrogens is 373 g/mol. The minimum atomic E-state index is -0.400. The molecule has 1 N–H and O–H groups in total. The molecule has 26 heavy (non-hydrogen) atoms. The number of allylic oxidation sites excluding steroid dienone is 4. The predicted molar refractivity (Wildman–Crippen MR) is 101 cm³/mol. The molecule has 3 aliphatic rings. The van der Waals surface area contributed by atoms with E-state index in [9.17, 15) is 9.59 Å². The molecular formula is C20H19Cl2NO3. The van der Waals surface area contributed by atoms with Crippen LogP contribution in [0.4, 0.5) is 0 Å². The zero-order chi connectivity index (χ0) is 18.4. The summed E-state index contributed by atoms with van der Waals surface area (Å²) in [7, 11) is 1.51. The summed E-state index contributed by atoms with van der Waals surface area (Å²) >= 11 is 12.7. The minimum Gasteiger partial charge on any atom is -0.494 e. The van der Waals surface area contributed by atoms with Gasteiger partial charge >= 0.3 is 0 Å². The molecule has 1 aromatic rings. The number of rotatable bonds is 2. The lowest BCUT2D eigenvalue weighted by Gasteiger charge is -2.37. The SMILES string of the molecule is COc1c(Cl)cc(C2C3=C(CCCC3=O)NC3=C2C(=O)CCC3)cc1Cl. The molecule has 0 atom stereocenters. The van der Waals surface area contributed by atoms with Crippen LogP contribution in [-0.4, -0.2) is 18.7 Å². The third-order valence-corrected chi connectivity index (χ3v) is 5.91. The third kappa shape index (κ3) is 2.76. The van der Waals surface area contributed by atoms with Crippen LogP contribution in [0.5, 0.6) is 5.75 Å². The first-order chi connectivity index (χ1) is 12.5. The fraction of sp³-hybridized carbons (Fsp3) is 0.400. The van der Waals surface area contributed by atoms with Gasteiger partial charge in [-0.15, -0.1) is 0 Å². The first-order valence-electron chi connectivity index (χ1n) is 8.83. The number of hydrogen-bond donors (Lipinski definition) is 1. The number of ketones is 2. The van der Waals surface area contributed by atoms with Gasteiger partial charge in [0.15, 0.2) is 17.3 Å². The van der Waals surface area contributed by atoms with Crippen molar-refractivity contribution in [3.05, 3.63) is 50.3 Å². The maximum atomic E-state index is 12.8. The summed E-state index contributed by atoms with van der Waals surface area (Å²) < 4.78 is 5.24. The fourth-order valence-electron chi connectivity index (χ4n) is 4.26. The molecule has 1 heterocycles. The maximum absolute atomic E-state index is 12.8. The van der Waals surface area contributed by atoms with E-state index in [4.69, 9.17) is 27.9 Å². The van der Waals surface area contributed by atoms with Crippen molar-refractivity contribution in [2.45, 2.75) is 44.4 Å². The van der Waals surface area contributed by atoms with Crippen LogP contribution in [0.25, 0.3) is 0 Å². The quantitative estimate of drug-likeness (QED) is 0.793. The second-order valence-corrected chi connectivity index (χ2v) is 7.73. The summed E-state index contributed by atoms with van der Waals surface area (Å²) in [6, 6.07) is 3.53. The summed E-state index contributed by atoms with van der Waals surface area (Å²) in [5.74, 6) is 0.190. The van der Waals surface area contributed by atoms with E-state index >= 15 is 0 Å². The standard InChI is InChI=1S/C20H19Cl2NO3/c1-26-20-11(21)8-10(9-12(20)22)17-18-13(4-2-6-15(18)24)23-14-5-3-7-16(25)19(14)17/h8-9,17,23H,2-7H2,1H3. The summed E-state index contributed by atoms with van der Waals surface area (Å²) in [4.78, 5) is 25.5. The Morgan fingerprint density at radius 1 is 0.923 bits per heavy atom. The topological polar surface area (TPSA) is 55.4 Å². The normalized spacial score (nSPS) is 20.7. The van der Waals surface area contributed by atoms with Crippen molar-refractivity contribution >= 4 is 34.8 Å². The molecule has 0 unspecified atom stereocenters. The number of dihydropyridines is 1. The number of ether oxygens (including phenoxy) is 1. The maximum Gasteiger partial charge on any atom is 0.161 e. The van der Waals surface area contributed by atoms with Crippen LogP contribution in [0.3, 0.4) is 0 Å². The van der Waals surface area contributed by atoms with Crippen LogP contribution < -0.4 is 10.1 Å². The van der Waals surface area contributed by atoms with Crippen molar-refractivity contribution < 1.29 is 14.3 Å². The number of halogens is 2. The molecule has 2 aliphatic carbocycles. The Morgan fingerprint density at radius 2 is 1.42 bits per heavy atom. The van der Waals surface area contributed by atoms with Gasteiger partial charge in [0.25, 0.3) is 0 Å². The molecule has 4 nitrogen and oxygen atoms in total. The molecule has 0 saturated carbocycles. The molecule has 0 saturated heterocycles. The van der Waals surface area contributed by atoms with Crippen LogP contribution in [-0.2, 0) is 9.59 Å². The van der Waals surface area contributed by atoms with Crippen molar-refractivity contribution in [1.29, 1.82) is 0 Å². The van der Waals surface area contributed by atoms with E-state index in [0.29, 0.717) is 39.8 Å². The molecule has 6 heteroatoms. The van der Waals surface area contributed by atoms with Gasteiger partial charge in [0.2, 0.25) is 0 Å². The molecule has 0 aromatic heterocycles. The Balaban J connectivity index is 1.93. The van der Waals surface area contributed by atoms with Crippen LogP contribution in [0.1, 0.15) is 50.0 Å². The molecule has 0 spiro atoms. The highest BCUT2D eigenvalue weighted by Crippen LogP contribution is 2.47. The van der Waals surface area contributed by atoms with Crippen molar-refractivity contribution in [2.24, 2.45) is 0 Å². The fourth-order valence-corrected chi connectivity index (χ4v) is 4.92. The number of methoxy groups -OCH3 is 1. The smallest absolute Gasteiger partial charge is 0.161 e. The summed E-state index contributed by atoms with van der Waals surface area (Å²) in [6.45, 7) is 0. The van der Waals surface area contributed by atoms with Crippen molar-refractivity contribution in [3.8, 4) is 5.75 Å². The number of carbonyl (C=O) groups excluding carboxylic acids is 2. The van der Waals surface area contributed by atoms with Gasteiger partial charge in [-0.05, 0) is 43.4 Å². The van der Waals surface area contributed by atoms with E-state index < -0.39 is 5.92 Å². The second-order valence-electron chi connectivity index (χ2n) is 6.91. The molecule has 0 amide bonds. The summed E-state index contributed by atoms with van der Waals surface area (Å²) in [5, 5.41) is 4.15. The zero-order valence-corrected chi connectivity index (χ0v) is 16.0. The van der Waals surface area contributed by atoms with Gasteiger partial charge < -0.3 is 10.1 Å². The summed E-state index contributed by atoms with van der Waals surface area (Å²) in [5.41, 5.74) is 4.06. The highest BCUT2D eigenvalue weighted by Gasteiger charge is 2.40. The van der Waals surface area contributed by atoms with Gasteiger partial charge in [0.05, 0.1) is 17.2 Å². The van der Waals surface area contributed by atoms with Gasteiger partial charge in [0.1, 0.15) is 0 Å². The Bertz CT molecular complexity index is 820. The average molecular weight is 392 g/mol. The monoisotopic (exact) mass is 391 g/mol. The van der Waals surface area contributed by atoms with E-state index in [2.05, 4.69) is 5.32 Å². The number of nitrogens with one attached hydrogen (secondary N) is 1. The lowest BCUT2D eigenvalue weighted by atomic mass is 9.71. The highest BCUT2D eigenvalue weighted by atomic mass is 35.5. The van der Waals surface area contributed by atoms with Crippen LogP contribution >= 0.6 is 23.2 Å². The minimum absolute atomic E-state index is 0.0942.